The largest absolute Gasteiger partial charge is 0.326 e. The van der Waals surface area contributed by atoms with Gasteiger partial charge in [-0.15, -0.1) is 10.2 Å². The summed E-state index contributed by atoms with van der Waals surface area (Å²) in [7, 11) is 0. The molecule has 1 aromatic heterocycles. The first-order valence-electron chi connectivity index (χ1n) is 9.00. The van der Waals surface area contributed by atoms with E-state index >= 15 is 0 Å². The fourth-order valence-corrected chi connectivity index (χ4v) is 3.58. The number of carbonyl (C=O) groups excluding carboxylic acids is 2. The minimum Gasteiger partial charge on any atom is -0.326 e. The molecule has 0 saturated heterocycles. The second kappa shape index (κ2) is 9.32. The lowest BCUT2D eigenvalue weighted by Gasteiger charge is -2.09. The number of anilines is 1. The highest BCUT2D eigenvalue weighted by molar-refractivity contribution is 7.99. The van der Waals surface area contributed by atoms with Gasteiger partial charge in [-0.1, -0.05) is 42.1 Å². The molecule has 0 aliphatic carbocycles. The third kappa shape index (κ3) is 5.29. The fraction of sp³-hybridized carbons (Fsp3) is 0.238. The summed E-state index contributed by atoms with van der Waals surface area (Å²) in [6, 6.07) is 17.0. The monoisotopic (exact) mass is 394 g/mol. The number of nitrogens with one attached hydrogen (secondary N) is 1. The Hall–Kier alpha value is -2.93. The number of aromatic nitrogens is 3. The molecule has 1 amide bonds. The van der Waals surface area contributed by atoms with Crippen LogP contribution in [0.15, 0.2) is 59.8 Å². The standard InChI is InChI=1S/C21H22N4O2S/c1-15(26)18-8-10-19(11-9-18)22-20(27)12-13-28-21-24-23-16(2)25(21)14-17-6-4-3-5-7-17/h3-11H,12-14H2,1-2H3,(H,22,27). The Morgan fingerprint density at radius 3 is 2.43 bits per heavy atom. The van der Waals surface area contributed by atoms with Gasteiger partial charge in [0.05, 0.1) is 6.54 Å². The zero-order chi connectivity index (χ0) is 19.9. The predicted molar refractivity (Wildman–Crippen MR) is 111 cm³/mol. The van der Waals surface area contributed by atoms with Gasteiger partial charge in [-0.05, 0) is 43.7 Å². The Kier molecular flexibility index (Phi) is 6.60. The minimum absolute atomic E-state index is 0.00387. The van der Waals surface area contributed by atoms with E-state index in [0.29, 0.717) is 30.0 Å². The molecule has 0 atom stereocenters. The molecule has 144 valence electrons. The van der Waals surface area contributed by atoms with Crippen molar-refractivity contribution in [2.45, 2.75) is 32.0 Å². The second-order valence-corrected chi connectivity index (χ2v) is 7.44. The van der Waals surface area contributed by atoms with Crippen molar-refractivity contribution in [1.82, 2.24) is 14.8 Å². The Labute approximate surface area is 168 Å². The smallest absolute Gasteiger partial charge is 0.225 e. The molecule has 1 heterocycles. The number of Topliss-reactive ketones (excluding diaryl/α,β-unsaturated/α-hetero) is 1. The Morgan fingerprint density at radius 1 is 1.04 bits per heavy atom. The molecular weight excluding hydrogens is 372 g/mol. The highest BCUT2D eigenvalue weighted by Crippen LogP contribution is 2.20. The van der Waals surface area contributed by atoms with Gasteiger partial charge in [-0.3, -0.25) is 9.59 Å². The van der Waals surface area contributed by atoms with Gasteiger partial charge in [0.25, 0.3) is 0 Å². The maximum Gasteiger partial charge on any atom is 0.225 e. The minimum atomic E-state index is -0.0751. The summed E-state index contributed by atoms with van der Waals surface area (Å²) in [6.07, 6.45) is 0.358. The molecule has 0 unspecified atom stereocenters. The molecule has 0 bridgehead atoms. The van der Waals surface area contributed by atoms with Crippen molar-refractivity contribution in [2.24, 2.45) is 0 Å². The first-order chi connectivity index (χ1) is 13.5. The lowest BCUT2D eigenvalue weighted by Crippen LogP contribution is -2.12. The van der Waals surface area contributed by atoms with Crippen molar-refractivity contribution in [2.75, 3.05) is 11.1 Å². The van der Waals surface area contributed by atoms with Crippen LogP contribution in [0, 0.1) is 6.92 Å². The van der Waals surface area contributed by atoms with Gasteiger partial charge < -0.3 is 9.88 Å². The summed E-state index contributed by atoms with van der Waals surface area (Å²) in [5, 5.41) is 12.0. The third-order valence-electron chi connectivity index (χ3n) is 4.22. The molecule has 0 aliphatic rings. The van der Waals surface area contributed by atoms with Crippen LogP contribution in [-0.4, -0.2) is 32.2 Å². The Balaban J connectivity index is 1.52. The van der Waals surface area contributed by atoms with Crippen molar-refractivity contribution >= 4 is 29.1 Å². The zero-order valence-electron chi connectivity index (χ0n) is 15.9. The summed E-state index contributed by atoms with van der Waals surface area (Å²) in [5.74, 6) is 1.38. The number of nitrogens with zero attached hydrogens (tertiary/aromatic N) is 3. The van der Waals surface area contributed by atoms with Crippen molar-refractivity contribution in [3.05, 3.63) is 71.5 Å². The van der Waals surface area contributed by atoms with Gasteiger partial charge in [-0.25, -0.2) is 0 Å². The molecular formula is C21H22N4O2S. The van der Waals surface area contributed by atoms with Gasteiger partial charge in [0.15, 0.2) is 10.9 Å². The fourth-order valence-electron chi connectivity index (χ4n) is 2.66. The average Bonchev–Trinajstić information content (AvgIpc) is 3.03. The van der Waals surface area contributed by atoms with E-state index in [1.165, 1.54) is 24.2 Å². The van der Waals surface area contributed by atoms with E-state index in [1.54, 1.807) is 24.3 Å². The number of rotatable bonds is 8. The molecule has 28 heavy (non-hydrogen) atoms. The average molecular weight is 395 g/mol. The molecule has 0 spiro atoms. The lowest BCUT2D eigenvalue weighted by molar-refractivity contribution is -0.115. The summed E-state index contributed by atoms with van der Waals surface area (Å²) in [6.45, 7) is 4.15. The number of hydrogen-bond acceptors (Lipinski definition) is 5. The molecule has 7 heteroatoms. The van der Waals surface area contributed by atoms with Crippen LogP contribution in [0.4, 0.5) is 5.69 Å². The Bertz CT molecular complexity index is 952. The van der Waals surface area contributed by atoms with E-state index in [9.17, 15) is 9.59 Å². The number of aryl methyl sites for hydroxylation is 1. The summed E-state index contributed by atoms with van der Waals surface area (Å²) < 4.78 is 2.05. The van der Waals surface area contributed by atoms with Crippen LogP contribution in [-0.2, 0) is 11.3 Å². The first-order valence-corrected chi connectivity index (χ1v) is 9.99. The topological polar surface area (TPSA) is 76.9 Å². The van der Waals surface area contributed by atoms with Gasteiger partial charge in [-0.2, -0.15) is 0 Å². The lowest BCUT2D eigenvalue weighted by atomic mass is 10.1. The number of benzene rings is 2. The van der Waals surface area contributed by atoms with Crippen LogP contribution in [0.25, 0.3) is 0 Å². The van der Waals surface area contributed by atoms with E-state index in [4.69, 9.17) is 0 Å². The van der Waals surface area contributed by atoms with Gasteiger partial charge in [0.2, 0.25) is 5.91 Å². The van der Waals surface area contributed by atoms with Crippen molar-refractivity contribution in [3.63, 3.8) is 0 Å². The highest BCUT2D eigenvalue weighted by atomic mass is 32.2. The first kappa shape index (κ1) is 19.8. The van der Waals surface area contributed by atoms with E-state index in [0.717, 1.165) is 11.0 Å². The van der Waals surface area contributed by atoms with E-state index < -0.39 is 0 Å². The Morgan fingerprint density at radius 2 is 1.75 bits per heavy atom. The predicted octanol–water partition coefficient (Wildman–Crippen LogP) is 3.96. The van der Waals surface area contributed by atoms with Crippen LogP contribution < -0.4 is 5.32 Å². The SMILES string of the molecule is CC(=O)c1ccc(NC(=O)CCSc2nnc(C)n2Cc2ccccc2)cc1. The van der Waals surface area contributed by atoms with Crippen LogP contribution in [0.2, 0.25) is 0 Å². The van der Waals surface area contributed by atoms with Gasteiger partial charge in [0.1, 0.15) is 5.82 Å². The van der Waals surface area contributed by atoms with Crippen LogP contribution in [0.3, 0.4) is 0 Å². The molecule has 1 N–H and O–H groups in total. The molecule has 3 rings (SSSR count). The van der Waals surface area contributed by atoms with Gasteiger partial charge in [0, 0.05) is 23.4 Å². The number of carbonyl (C=O) groups is 2. The van der Waals surface area contributed by atoms with Crippen LogP contribution >= 0.6 is 11.8 Å². The zero-order valence-corrected chi connectivity index (χ0v) is 16.7. The van der Waals surface area contributed by atoms with Crippen LogP contribution in [0.5, 0.6) is 0 Å². The van der Waals surface area contributed by atoms with Crippen LogP contribution in [0.1, 0.15) is 35.1 Å². The molecule has 2 aromatic carbocycles. The third-order valence-corrected chi connectivity index (χ3v) is 5.19. The molecule has 0 aliphatic heterocycles. The van der Waals surface area contributed by atoms with Gasteiger partial charge >= 0.3 is 0 Å². The molecule has 0 radical (unpaired) electrons. The summed E-state index contributed by atoms with van der Waals surface area (Å²) in [4.78, 5) is 23.5. The van der Waals surface area contributed by atoms with E-state index in [2.05, 4.69) is 32.2 Å². The van der Waals surface area contributed by atoms with Crippen molar-refractivity contribution in [1.29, 1.82) is 0 Å². The molecule has 3 aromatic rings. The molecule has 0 saturated carbocycles. The maximum atomic E-state index is 12.2. The number of ketones is 1. The number of thioether (sulfide) groups is 1. The van der Waals surface area contributed by atoms with Crippen molar-refractivity contribution < 1.29 is 9.59 Å². The maximum absolute atomic E-state index is 12.2. The summed E-state index contributed by atoms with van der Waals surface area (Å²) in [5.41, 5.74) is 2.49. The van der Waals surface area contributed by atoms with E-state index in [1.807, 2.05) is 25.1 Å². The highest BCUT2D eigenvalue weighted by Gasteiger charge is 2.11. The normalized spacial score (nSPS) is 10.6. The molecule has 6 nitrogen and oxygen atoms in total. The van der Waals surface area contributed by atoms with E-state index in [-0.39, 0.29) is 11.7 Å². The number of amides is 1. The summed E-state index contributed by atoms with van der Waals surface area (Å²) >= 11 is 1.52. The number of hydrogen-bond donors (Lipinski definition) is 1. The quantitative estimate of drug-likeness (QED) is 0.462. The molecule has 0 fully saturated rings. The second-order valence-electron chi connectivity index (χ2n) is 6.38. The van der Waals surface area contributed by atoms with Crippen molar-refractivity contribution in [3.8, 4) is 0 Å².